The molecule has 1 aromatic carbocycles. The molecule has 2 aromatic rings. The summed E-state index contributed by atoms with van der Waals surface area (Å²) in [5.41, 5.74) is 2.43. The van der Waals surface area contributed by atoms with Crippen molar-refractivity contribution in [2.75, 3.05) is 20.8 Å². The van der Waals surface area contributed by atoms with Crippen LogP contribution in [0.1, 0.15) is 17.3 Å². The van der Waals surface area contributed by atoms with Crippen LogP contribution in [0.4, 0.5) is 0 Å². The third-order valence-corrected chi connectivity index (χ3v) is 4.51. The Bertz CT molecular complexity index is 569. The second-order valence-corrected chi connectivity index (χ2v) is 6.54. The number of benzene rings is 1. The lowest BCUT2D eigenvalue weighted by Gasteiger charge is -2.19. The molecule has 4 nitrogen and oxygen atoms in total. The van der Waals surface area contributed by atoms with Gasteiger partial charge in [0, 0.05) is 11.6 Å². The first-order valence-electron chi connectivity index (χ1n) is 6.77. The van der Waals surface area contributed by atoms with Crippen LogP contribution < -0.4 is 5.32 Å². The number of ether oxygens (including phenoxy) is 1. The number of nitrogens with zero attached hydrogens (tertiary/aromatic N) is 2. The SMILES string of the molecule is CNC(Cc1ccc(Br)cc1)c1c(Br)cnn1CCOC. The fourth-order valence-electron chi connectivity index (χ4n) is 2.27. The molecule has 1 atom stereocenters. The molecule has 1 unspecified atom stereocenters. The van der Waals surface area contributed by atoms with E-state index < -0.39 is 0 Å². The van der Waals surface area contributed by atoms with Crippen molar-refractivity contribution in [1.82, 2.24) is 15.1 Å². The van der Waals surface area contributed by atoms with Crippen molar-refractivity contribution in [2.24, 2.45) is 0 Å². The minimum absolute atomic E-state index is 0.194. The molecule has 0 amide bonds. The number of hydrogen-bond donors (Lipinski definition) is 1. The van der Waals surface area contributed by atoms with E-state index in [0.717, 1.165) is 27.6 Å². The van der Waals surface area contributed by atoms with Crippen LogP contribution in [-0.2, 0) is 17.7 Å². The van der Waals surface area contributed by atoms with Crippen LogP contribution in [-0.4, -0.2) is 30.5 Å². The summed E-state index contributed by atoms with van der Waals surface area (Å²) >= 11 is 7.07. The van der Waals surface area contributed by atoms with Crippen LogP contribution in [0.5, 0.6) is 0 Å². The van der Waals surface area contributed by atoms with Gasteiger partial charge in [-0.3, -0.25) is 4.68 Å². The minimum Gasteiger partial charge on any atom is -0.383 e. The first kappa shape index (κ1) is 16.7. The van der Waals surface area contributed by atoms with Crippen LogP contribution in [0, 0.1) is 0 Å². The molecule has 114 valence electrons. The lowest BCUT2D eigenvalue weighted by atomic mass is 10.0. The molecule has 0 fully saturated rings. The number of rotatable bonds is 7. The highest BCUT2D eigenvalue weighted by Gasteiger charge is 2.19. The summed E-state index contributed by atoms with van der Waals surface area (Å²) < 4.78 is 9.27. The molecule has 0 radical (unpaired) electrons. The Balaban J connectivity index is 2.20. The second-order valence-electron chi connectivity index (χ2n) is 4.77. The molecular formula is C15H19Br2N3O. The molecule has 0 spiro atoms. The highest BCUT2D eigenvalue weighted by molar-refractivity contribution is 9.10. The van der Waals surface area contributed by atoms with Gasteiger partial charge in [0.05, 0.1) is 35.6 Å². The number of methoxy groups -OCH3 is 1. The van der Waals surface area contributed by atoms with E-state index in [1.54, 1.807) is 7.11 Å². The zero-order chi connectivity index (χ0) is 15.2. The molecule has 2 rings (SSSR count). The molecule has 0 saturated heterocycles. The smallest absolute Gasteiger partial charge is 0.0699 e. The predicted octanol–water partition coefficient (Wildman–Crippen LogP) is 3.56. The van der Waals surface area contributed by atoms with Crippen molar-refractivity contribution in [3.05, 3.63) is 50.7 Å². The molecule has 0 bridgehead atoms. The highest BCUT2D eigenvalue weighted by atomic mass is 79.9. The summed E-state index contributed by atoms with van der Waals surface area (Å²) in [5, 5.41) is 7.80. The number of nitrogens with one attached hydrogen (secondary N) is 1. The Labute approximate surface area is 142 Å². The van der Waals surface area contributed by atoms with Gasteiger partial charge in [0.2, 0.25) is 0 Å². The van der Waals surface area contributed by atoms with Crippen molar-refractivity contribution in [2.45, 2.75) is 19.0 Å². The summed E-state index contributed by atoms with van der Waals surface area (Å²) in [6, 6.07) is 8.61. The van der Waals surface area contributed by atoms with Gasteiger partial charge in [-0.15, -0.1) is 0 Å². The van der Waals surface area contributed by atoms with Gasteiger partial charge < -0.3 is 10.1 Å². The molecule has 1 N–H and O–H groups in total. The van der Waals surface area contributed by atoms with Crippen LogP contribution in [0.25, 0.3) is 0 Å². The highest BCUT2D eigenvalue weighted by Crippen LogP contribution is 2.26. The maximum absolute atomic E-state index is 5.15. The normalized spacial score (nSPS) is 12.6. The molecule has 0 saturated carbocycles. The van der Waals surface area contributed by atoms with Gasteiger partial charge >= 0.3 is 0 Å². The van der Waals surface area contributed by atoms with E-state index in [0.29, 0.717) is 6.61 Å². The van der Waals surface area contributed by atoms with Crippen molar-refractivity contribution in [1.29, 1.82) is 0 Å². The maximum Gasteiger partial charge on any atom is 0.0699 e. The van der Waals surface area contributed by atoms with Gasteiger partial charge in [-0.25, -0.2) is 0 Å². The summed E-state index contributed by atoms with van der Waals surface area (Å²) in [6.45, 7) is 1.39. The van der Waals surface area contributed by atoms with E-state index in [4.69, 9.17) is 4.74 Å². The van der Waals surface area contributed by atoms with Gasteiger partial charge in [-0.2, -0.15) is 5.10 Å². The molecular weight excluding hydrogens is 398 g/mol. The van der Waals surface area contributed by atoms with Crippen LogP contribution >= 0.6 is 31.9 Å². The monoisotopic (exact) mass is 415 g/mol. The largest absolute Gasteiger partial charge is 0.383 e. The van der Waals surface area contributed by atoms with Crippen molar-refractivity contribution in [3.63, 3.8) is 0 Å². The molecule has 0 aliphatic rings. The van der Waals surface area contributed by atoms with Gasteiger partial charge in [-0.05, 0) is 47.1 Å². The van der Waals surface area contributed by atoms with Gasteiger partial charge in [-0.1, -0.05) is 28.1 Å². The average molecular weight is 417 g/mol. The van der Waals surface area contributed by atoms with Crippen molar-refractivity contribution in [3.8, 4) is 0 Å². The summed E-state index contributed by atoms with van der Waals surface area (Å²) in [6.07, 6.45) is 2.75. The fraction of sp³-hybridized carbons (Fsp3) is 0.400. The average Bonchev–Trinajstić information content (AvgIpc) is 2.85. The van der Waals surface area contributed by atoms with E-state index >= 15 is 0 Å². The van der Waals surface area contributed by atoms with Gasteiger partial charge in [0.15, 0.2) is 0 Å². The first-order valence-corrected chi connectivity index (χ1v) is 8.36. The second kappa shape index (κ2) is 8.08. The van der Waals surface area contributed by atoms with Crippen LogP contribution in [0.15, 0.2) is 39.4 Å². The van der Waals surface area contributed by atoms with Crippen molar-refractivity contribution < 1.29 is 4.74 Å². The summed E-state index contributed by atoms with van der Waals surface area (Å²) in [5.74, 6) is 0. The zero-order valence-electron chi connectivity index (χ0n) is 12.1. The van der Waals surface area contributed by atoms with Crippen molar-refractivity contribution >= 4 is 31.9 Å². The topological polar surface area (TPSA) is 39.1 Å². The van der Waals surface area contributed by atoms with Gasteiger partial charge in [0.1, 0.15) is 0 Å². The third-order valence-electron chi connectivity index (χ3n) is 3.37. The Morgan fingerprint density at radius 3 is 2.62 bits per heavy atom. The molecule has 6 heteroatoms. The van der Waals surface area contributed by atoms with E-state index in [1.807, 2.05) is 17.9 Å². The van der Waals surface area contributed by atoms with Crippen LogP contribution in [0.2, 0.25) is 0 Å². The maximum atomic E-state index is 5.15. The Morgan fingerprint density at radius 1 is 1.29 bits per heavy atom. The summed E-state index contributed by atoms with van der Waals surface area (Å²) in [4.78, 5) is 0. The van der Waals surface area contributed by atoms with E-state index in [-0.39, 0.29) is 6.04 Å². The van der Waals surface area contributed by atoms with E-state index in [2.05, 4.69) is 66.5 Å². The van der Waals surface area contributed by atoms with E-state index in [9.17, 15) is 0 Å². The number of hydrogen-bond acceptors (Lipinski definition) is 3. The lowest BCUT2D eigenvalue weighted by molar-refractivity contribution is 0.181. The minimum atomic E-state index is 0.194. The number of aromatic nitrogens is 2. The molecule has 1 aromatic heterocycles. The molecule has 0 aliphatic heterocycles. The summed E-state index contributed by atoms with van der Waals surface area (Å²) in [7, 11) is 3.68. The Hall–Kier alpha value is -0.690. The Kier molecular flexibility index (Phi) is 6.41. The number of halogens is 2. The first-order chi connectivity index (χ1) is 10.2. The number of likely N-dealkylation sites (N-methyl/N-ethyl adjacent to an activating group) is 1. The van der Waals surface area contributed by atoms with Crippen LogP contribution in [0.3, 0.4) is 0 Å². The standard InChI is InChI=1S/C15H19Br2N3O/c1-18-14(9-11-3-5-12(16)6-4-11)15-13(17)10-19-20(15)7-8-21-2/h3-6,10,14,18H,7-9H2,1-2H3. The lowest BCUT2D eigenvalue weighted by Crippen LogP contribution is -2.24. The quantitative estimate of drug-likeness (QED) is 0.749. The zero-order valence-corrected chi connectivity index (χ0v) is 15.3. The molecule has 0 aliphatic carbocycles. The van der Waals surface area contributed by atoms with E-state index in [1.165, 1.54) is 5.56 Å². The predicted molar refractivity (Wildman–Crippen MR) is 91.4 cm³/mol. The Morgan fingerprint density at radius 2 is 2.00 bits per heavy atom. The molecule has 21 heavy (non-hydrogen) atoms. The van der Waals surface area contributed by atoms with Gasteiger partial charge in [0.25, 0.3) is 0 Å². The fourth-order valence-corrected chi connectivity index (χ4v) is 3.10. The third kappa shape index (κ3) is 4.39. The molecule has 1 heterocycles.